The Morgan fingerprint density at radius 1 is 1.04 bits per heavy atom. The number of para-hydroxylation sites is 1. The van der Waals surface area contributed by atoms with E-state index in [0.717, 1.165) is 5.56 Å². The molecule has 0 radical (unpaired) electrons. The van der Waals surface area contributed by atoms with Crippen LogP contribution in [0.2, 0.25) is 0 Å². The van der Waals surface area contributed by atoms with E-state index in [4.69, 9.17) is 4.74 Å². The van der Waals surface area contributed by atoms with Gasteiger partial charge in [-0.1, -0.05) is 18.2 Å². The number of carbonyl (C=O) groups excluding carboxylic acids is 2. The van der Waals surface area contributed by atoms with E-state index in [1.54, 1.807) is 41.4 Å². The van der Waals surface area contributed by atoms with E-state index in [0.29, 0.717) is 43.9 Å². The number of piperazine rings is 1. The smallest absolute Gasteiger partial charge is 0.257 e. The van der Waals surface area contributed by atoms with Crippen LogP contribution in [0.15, 0.2) is 48.8 Å². The van der Waals surface area contributed by atoms with Crippen molar-refractivity contribution >= 4 is 11.8 Å². The third-order valence-electron chi connectivity index (χ3n) is 4.34. The summed E-state index contributed by atoms with van der Waals surface area (Å²) in [5.41, 5.74) is 1.46. The Balaban J connectivity index is 1.58. The molecule has 1 aromatic heterocycles. The van der Waals surface area contributed by atoms with Crippen molar-refractivity contribution in [2.24, 2.45) is 0 Å². The van der Waals surface area contributed by atoms with Crippen LogP contribution >= 0.6 is 0 Å². The van der Waals surface area contributed by atoms with Crippen LogP contribution in [0.25, 0.3) is 0 Å². The molecule has 0 atom stereocenters. The van der Waals surface area contributed by atoms with Crippen molar-refractivity contribution in [1.29, 1.82) is 0 Å². The van der Waals surface area contributed by atoms with Crippen molar-refractivity contribution in [3.8, 4) is 5.75 Å². The van der Waals surface area contributed by atoms with Crippen LogP contribution in [0.3, 0.4) is 0 Å². The molecule has 0 aliphatic carbocycles. The molecule has 3 rings (SSSR count). The van der Waals surface area contributed by atoms with Crippen molar-refractivity contribution in [1.82, 2.24) is 14.8 Å². The number of carbonyl (C=O) groups is 2. The van der Waals surface area contributed by atoms with Crippen LogP contribution in [0.5, 0.6) is 5.75 Å². The van der Waals surface area contributed by atoms with Crippen LogP contribution < -0.4 is 4.74 Å². The highest BCUT2D eigenvalue weighted by molar-refractivity contribution is 5.97. The van der Waals surface area contributed by atoms with Gasteiger partial charge in [-0.15, -0.1) is 0 Å². The summed E-state index contributed by atoms with van der Waals surface area (Å²) in [4.78, 5) is 32.7. The van der Waals surface area contributed by atoms with Gasteiger partial charge in [0, 0.05) is 38.6 Å². The number of benzene rings is 1. The fourth-order valence-electron chi connectivity index (χ4n) is 2.94. The Morgan fingerprint density at radius 2 is 1.76 bits per heavy atom. The lowest BCUT2D eigenvalue weighted by Gasteiger charge is -2.35. The van der Waals surface area contributed by atoms with Crippen LogP contribution in [0, 0.1) is 0 Å². The number of hydrogen-bond donors (Lipinski definition) is 0. The fraction of sp³-hybridized carbons (Fsp3) is 0.316. The van der Waals surface area contributed by atoms with Gasteiger partial charge < -0.3 is 14.5 Å². The zero-order valence-corrected chi connectivity index (χ0v) is 14.2. The average molecular weight is 339 g/mol. The Bertz CT molecular complexity index is 741. The monoisotopic (exact) mass is 339 g/mol. The normalized spacial score (nSPS) is 14.3. The first-order valence-electron chi connectivity index (χ1n) is 8.28. The van der Waals surface area contributed by atoms with E-state index >= 15 is 0 Å². The second-order valence-electron chi connectivity index (χ2n) is 5.91. The molecule has 25 heavy (non-hydrogen) atoms. The highest BCUT2D eigenvalue weighted by Crippen LogP contribution is 2.20. The number of rotatable bonds is 4. The minimum Gasteiger partial charge on any atom is -0.496 e. The van der Waals surface area contributed by atoms with E-state index < -0.39 is 0 Å². The first kappa shape index (κ1) is 17.0. The van der Waals surface area contributed by atoms with Gasteiger partial charge in [0.1, 0.15) is 5.75 Å². The van der Waals surface area contributed by atoms with E-state index in [-0.39, 0.29) is 11.8 Å². The third-order valence-corrected chi connectivity index (χ3v) is 4.34. The molecule has 0 saturated carbocycles. The van der Waals surface area contributed by atoms with Gasteiger partial charge in [-0.2, -0.15) is 0 Å². The molecule has 6 heteroatoms. The molecule has 1 saturated heterocycles. The highest BCUT2D eigenvalue weighted by atomic mass is 16.5. The van der Waals surface area contributed by atoms with Gasteiger partial charge in [-0.05, 0) is 23.8 Å². The van der Waals surface area contributed by atoms with E-state index in [9.17, 15) is 9.59 Å². The standard InChI is InChI=1S/C19H21N3O3/c1-25-17-7-3-2-6-16(17)19(24)22-11-9-21(10-12-22)18(23)13-15-5-4-8-20-14-15/h2-8,14H,9-13H2,1H3. The third kappa shape index (κ3) is 3.96. The summed E-state index contributed by atoms with van der Waals surface area (Å²) in [6.07, 6.45) is 3.74. The topological polar surface area (TPSA) is 62.7 Å². The SMILES string of the molecule is COc1ccccc1C(=O)N1CCN(C(=O)Cc2cccnc2)CC1. The molecule has 0 N–H and O–H groups in total. The maximum absolute atomic E-state index is 12.7. The van der Waals surface area contributed by atoms with E-state index in [1.165, 1.54) is 0 Å². The Kier molecular flexibility index (Phi) is 5.28. The van der Waals surface area contributed by atoms with Crippen molar-refractivity contribution in [3.05, 3.63) is 59.9 Å². The van der Waals surface area contributed by atoms with Gasteiger partial charge in [0.05, 0.1) is 19.1 Å². The predicted octanol–water partition coefficient (Wildman–Crippen LogP) is 1.62. The lowest BCUT2D eigenvalue weighted by molar-refractivity contribution is -0.131. The maximum Gasteiger partial charge on any atom is 0.257 e. The summed E-state index contributed by atoms with van der Waals surface area (Å²) < 4.78 is 5.27. The molecule has 1 aliphatic heterocycles. The van der Waals surface area contributed by atoms with Crippen molar-refractivity contribution < 1.29 is 14.3 Å². The Labute approximate surface area is 147 Å². The van der Waals surface area contributed by atoms with Gasteiger partial charge in [0.15, 0.2) is 0 Å². The van der Waals surface area contributed by atoms with Gasteiger partial charge in [0.25, 0.3) is 5.91 Å². The maximum atomic E-state index is 12.7. The van der Waals surface area contributed by atoms with Crippen molar-refractivity contribution in [2.75, 3.05) is 33.3 Å². The first-order chi connectivity index (χ1) is 12.2. The summed E-state index contributed by atoms with van der Waals surface area (Å²) >= 11 is 0. The molecule has 1 aliphatic rings. The number of hydrogen-bond acceptors (Lipinski definition) is 4. The molecule has 6 nitrogen and oxygen atoms in total. The lowest BCUT2D eigenvalue weighted by Crippen LogP contribution is -2.51. The Hall–Kier alpha value is -2.89. The molecule has 2 amide bonds. The van der Waals surface area contributed by atoms with Crippen LogP contribution in [-0.2, 0) is 11.2 Å². The van der Waals surface area contributed by atoms with Gasteiger partial charge in [0.2, 0.25) is 5.91 Å². The highest BCUT2D eigenvalue weighted by Gasteiger charge is 2.26. The van der Waals surface area contributed by atoms with Gasteiger partial charge in [-0.3, -0.25) is 14.6 Å². The summed E-state index contributed by atoms with van der Waals surface area (Å²) in [6, 6.07) is 10.9. The molecule has 2 heterocycles. The molecule has 1 fully saturated rings. The zero-order chi connectivity index (χ0) is 17.6. The fourth-order valence-corrected chi connectivity index (χ4v) is 2.94. The summed E-state index contributed by atoms with van der Waals surface area (Å²) in [6.45, 7) is 2.13. The lowest BCUT2D eigenvalue weighted by atomic mass is 10.1. The van der Waals surface area contributed by atoms with Crippen LogP contribution in [-0.4, -0.2) is 59.9 Å². The molecule has 0 bridgehead atoms. The predicted molar refractivity (Wildman–Crippen MR) is 93.4 cm³/mol. The van der Waals surface area contributed by atoms with E-state index in [2.05, 4.69) is 4.98 Å². The van der Waals surface area contributed by atoms with Crippen LogP contribution in [0.4, 0.5) is 0 Å². The Morgan fingerprint density at radius 3 is 2.44 bits per heavy atom. The first-order valence-corrected chi connectivity index (χ1v) is 8.28. The molecule has 0 unspecified atom stereocenters. The summed E-state index contributed by atoms with van der Waals surface area (Å²) in [7, 11) is 1.56. The minimum absolute atomic E-state index is 0.0585. The molecule has 2 aromatic rings. The molecule has 1 aromatic carbocycles. The number of aromatic nitrogens is 1. The molecule has 130 valence electrons. The summed E-state index contributed by atoms with van der Waals surface area (Å²) in [5, 5.41) is 0. The second-order valence-corrected chi connectivity index (χ2v) is 5.91. The number of methoxy groups -OCH3 is 1. The molecule has 0 spiro atoms. The largest absolute Gasteiger partial charge is 0.496 e. The average Bonchev–Trinajstić information content (AvgIpc) is 2.68. The van der Waals surface area contributed by atoms with Crippen molar-refractivity contribution in [3.63, 3.8) is 0 Å². The van der Waals surface area contributed by atoms with E-state index in [1.807, 2.05) is 24.3 Å². The van der Waals surface area contributed by atoms with Gasteiger partial charge in [-0.25, -0.2) is 0 Å². The number of nitrogens with zero attached hydrogens (tertiary/aromatic N) is 3. The van der Waals surface area contributed by atoms with Crippen molar-refractivity contribution in [2.45, 2.75) is 6.42 Å². The summed E-state index contributed by atoms with van der Waals surface area (Å²) in [5.74, 6) is 0.580. The zero-order valence-electron chi connectivity index (χ0n) is 14.2. The van der Waals surface area contributed by atoms with Crippen LogP contribution in [0.1, 0.15) is 15.9 Å². The number of pyridine rings is 1. The minimum atomic E-state index is -0.0585. The quantitative estimate of drug-likeness (QED) is 0.849. The number of amides is 2. The molecular weight excluding hydrogens is 318 g/mol. The second kappa shape index (κ2) is 7.79. The van der Waals surface area contributed by atoms with Gasteiger partial charge >= 0.3 is 0 Å². The number of ether oxygens (including phenoxy) is 1. The molecular formula is C19H21N3O3.